The normalized spacial score (nSPS) is 18.1. The molecule has 1 atom stereocenters. The number of carbonyl (C=O) groups excluding carboxylic acids is 2. The van der Waals surface area contributed by atoms with Gasteiger partial charge in [-0.3, -0.25) is 9.59 Å². The molecule has 0 aliphatic carbocycles. The minimum absolute atomic E-state index is 0.0967. The van der Waals surface area contributed by atoms with E-state index >= 15 is 0 Å². The summed E-state index contributed by atoms with van der Waals surface area (Å²) in [5, 5.41) is 0.637. The van der Waals surface area contributed by atoms with Crippen LogP contribution in [-0.4, -0.2) is 52.2 Å². The Morgan fingerprint density at radius 1 is 1.36 bits per heavy atom. The smallest absolute Gasteiger partial charge is 0.307 e. The molecule has 1 aromatic rings. The number of esters is 1. The highest BCUT2D eigenvalue weighted by atomic mass is 32.2. The number of rotatable bonds is 5. The van der Waals surface area contributed by atoms with Gasteiger partial charge in [-0.25, -0.2) is 9.97 Å². The molecule has 1 aliphatic heterocycles. The molecular weight excluding hydrogens is 302 g/mol. The zero-order valence-electron chi connectivity index (χ0n) is 12.9. The van der Waals surface area contributed by atoms with Crippen LogP contribution in [0, 0.1) is 0 Å². The predicted molar refractivity (Wildman–Crippen MR) is 83.7 cm³/mol. The van der Waals surface area contributed by atoms with E-state index in [1.807, 2.05) is 6.26 Å². The summed E-state index contributed by atoms with van der Waals surface area (Å²) >= 11 is 1.43. The van der Waals surface area contributed by atoms with Crippen LogP contribution in [0.15, 0.2) is 17.6 Å². The maximum Gasteiger partial charge on any atom is 0.307 e. The molecule has 0 aromatic carbocycles. The second-order valence-corrected chi connectivity index (χ2v) is 5.89. The molecule has 2 rings (SSSR count). The van der Waals surface area contributed by atoms with Crippen molar-refractivity contribution >= 4 is 23.6 Å². The monoisotopic (exact) mass is 323 g/mol. The summed E-state index contributed by atoms with van der Waals surface area (Å²) in [7, 11) is 0. The molecule has 2 heterocycles. The molecular formula is C15H21N3O3S. The lowest BCUT2D eigenvalue weighted by Crippen LogP contribution is -2.45. The molecule has 1 aliphatic rings. The van der Waals surface area contributed by atoms with Crippen LogP contribution in [0.4, 0.5) is 0 Å². The third-order valence-electron chi connectivity index (χ3n) is 3.65. The molecule has 0 bridgehead atoms. The first kappa shape index (κ1) is 16.7. The summed E-state index contributed by atoms with van der Waals surface area (Å²) in [5.41, 5.74) is 0.466. The number of aromatic nitrogens is 2. The zero-order chi connectivity index (χ0) is 15.9. The predicted octanol–water partition coefficient (Wildman–Crippen LogP) is 2.15. The van der Waals surface area contributed by atoms with Gasteiger partial charge in [0.05, 0.1) is 18.6 Å². The lowest BCUT2D eigenvalue weighted by Gasteiger charge is -2.35. The molecule has 1 fully saturated rings. The van der Waals surface area contributed by atoms with E-state index in [4.69, 9.17) is 4.74 Å². The summed E-state index contributed by atoms with van der Waals surface area (Å²) in [5.74, 6) is -0.358. The van der Waals surface area contributed by atoms with Crippen LogP contribution in [0.25, 0.3) is 0 Å². The highest BCUT2D eigenvalue weighted by molar-refractivity contribution is 7.98. The Morgan fingerprint density at radius 2 is 2.09 bits per heavy atom. The topological polar surface area (TPSA) is 72.4 Å². The average Bonchev–Trinajstić information content (AvgIpc) is 2.55. The van der Waals surface area contributed by atoms with E-state index in [0.29, 0.717) is 23.9 Å². The van der Waals surface area contributed by atoms with Crippen molar-refractivity contribution in [2.75, 3.05) is 19.4 Å². The van der Waals surface area contributed by atoms with Crippen molar-refractivity contribution in [3.63, 3.8) is 0 Å². The summed E-state index contributed by atoms with van der Waals surface area (Å²) in [4.78, 5) is 34.4. The molecule has 1 aromatic heterocycles. The Balaban J connectivity index is 2.08. The van der Waals surface area contributed by atoms with Gasteiger partial charge in [0.15, 0.2) is 5.16 Å². The number of nitrogens with zero attached hydrogens (tertiary/aromatic N) is 3. The number of piperidine rings is 1. The molecule has 0 radical (unpaired) electrons. The van der Waals surface area contributed by atoms with Crippen molar-refractivity contribution in [3.8, 4) is 0 Å². The van der Waals surface area contributed by atoms with E-state index in [1.54, 1.807) is 24.2 Å². The third kappa shape index (κ3) is 4.19. The molecule has 6 nitrogen and oxygen atoms in total. The standard InChI is InChI=1S/C15H21N3O3S/c1-3-21-13(19)8-12-6-4-5-7-18(12)14(20)11-9-16-15(22-2)17-10-11/h9-10,12H,3-8H2,1-2H3. The van der Waals surface area contributed by atoms with E-state index < -0.39 is 0 Å². The molecule has 1 saturated heterocycles. The Hall–Kier alpha value is -1.63. The van der Waals surface area contributed by atoms with Gasteiger partial charge in [0.1, 0.15) is 0 Å². The molecule has 0 saturated carbocycles. The molecule has 22 heavy (non-hydrogen) atoms. The first-order valence-electron chi connectivity index (χ1n) is 7.48. The van der Waals surface area contributed by atoms with Crippen LogP contribution >= 0.6 is 11.8 Å². The van der Waals surface area contributed by atoms with E-state index in [2.05, 4.69) is 9.97 Å². The maximum absolute atomic E-state index is 12.6. The van der Waals surface area contributed by atoms with Crippen molar-refractivity contribution in [1.29, 1.82) is 0 Å². The van der Waals surface area contributed by atoms with Crippen LogP contribution < -0.4 is 0 Å². The van der Waals surface area contributed by atoms with Crippen molar-refractivity contribution < 1.29 is 14.3 Å². The number of carbonyl (C=O) groups is 2. The van der Waals surface area contributed by atoms with Gasteiger partial charge in [-0.05, 0) is 32.4 Å². The number of amides is 1. The minimum Gasteiger partial charge on any atom is -0.466 e. The van der Waals surface area contributed by atoms with Gasteiger partial charge in [0.25, 0.3) is 5.91 Å². The van der Waals surface area contributed by atoms with Crippen LogP contribution in [0.5, 0.6) is 0 Å². The SMILES string of the molecule is CCOC(=O)CC1CCCCN1C(=O)c1cnc(SC)nc1. The number of thioether (sulfide) groups is 1. The lowest BCUT2D eigenvalue weighted by molar-refractivity contribution is -0.144. The van der Waals surface area contributed by atoms with E-state index in [1.165, 1.54) is 11.8 Å². The summed E-state index contributed by atoms with van der Waals surface area (Å²) in [6, 6.07) is -0.0967. The van der Waals surface area contributed by atoms with Crippen molar-refractivity contribution in [2.24, 2.45) is 0 Å². The van der Waals surface area contributed by atoms with Crippen LogP contribution in [-0.2, 0) is 9.53 Å². The second-order valence-electron chi connectivity index (χ2n) is 5.12. The number of likely N-dealkylation sites (tertiary alicyclic amines) is 1. The first-order valence-corrected chi connectivity index (χ1v) is 8.70. The fourth-order valence-electron chi connectivity index (χ4n) is 2.59. The summed E-state index contributed by atoms with van der Waals surface area (Å²) < 4.78 is 5.00. The molecule has 1 unspecified atom stereocenters. The third-order valence-corrected chi connectivity index (χ3v) is 4.23. The van der Waals surface area contributed by atoms with Crippen LogP contribution in [0.1, 0.15) is 43.0 Å². The average molecular weight is 323 g/mol. The van der Waals surface area contributed by atoms with Gasteiger partial charge in [0.2, 0.25) is 0 Å². The van der Waals surface area contributed by atoms with Gasteiger partial charge in [0, 0.05) is 25.0 Å². The van der Waals surface area contributed by atoms with Crippen LogP contribution in [0.3, 0.4) is 0 Å². The quantitative estimate of drug-likeness (QED) is 0.470. The zero-order valence-corrected chi connectivity index (χ0v) is 13.8. The van der Waals surface area contributed by atoms with Gasteiger partial charge < -0.3 is 9.64 Å². The number of hydrogen-bond acceptors (Lipinski definition) is 6. The van der Waals surface area contributed by atoms with Crippen molar-refractivity contribution in [1.82, 2.24) is 14.9 Å². The molecule has 0 spiro atoms. The first-order chi connectivity index (χ1) is 10.7. The van der Waals surface area contributed by atoms with Crippen molar-refractivity contribution in [2.45, 2.75) is 43.8 Å². The Kier molecular flexibility index (Phi) is 6.18. The highest BCUT2D eigenvalue weighted by Crippen LogP contribution is 2.22. The molecule has 120 valence electrons. The van der Waals surface area contributed by atoms with E-state index in [-0.39, 0.29) is 24.3 Å². The molecule has 7 heteroatoms. The fourth-order valence-corrected chi connectivity index (χ4v) is 2.91. The molecule has 1 amide bonds. The van der Waals surface area contributed by atoms with Gasteiger partial charge >= 0.3 is 5.97 Å². The van der Waals surface area contributed by atoms with Crippen LogP contribution in [0.2, 0.25) is 0 Å². The number of hydrogen-bond donors (Lipinski definition) is 0. The van der Waals surface area contributed by atoms with E-state index in [0.717, 1.165) is 19.3 Å². The molecule has 0 N–H and O–H groups in total. The van der Waals surface area contributed by atoms with Gasteiger partial charge in [-0.2, -0.15) is 0 Å². The second kappa shape index (κ2) is 8.12. The van der Waals surface area contributed by atoms with E-state index in [9.17, 15) is 9.59 Å². The lowest BCUT2D eigenvalue weighted by atomic mass is 9.98. The summed E-state index contributed by atoms with van der Waals surface area (Å²) in [6.07, 6.45) is 8.05. The summed E-state index contributed by atoms with van der Waals surface area (Å²) in [6.45, 7) is 2.81. The van der Waals surface area contributed by atoms with Gasteiger partial charge in [-0.1, -0.05) is 11.8 Å². The Morgan fingerprint density at radius 3 is 2.73 bits per heavy atom. The number of ether oxygens (including phenoxy) is 1. The fraction of sp³-hybridized carbons (Fsp3) is 0.600. The highest BCUT2D eigenvalue weighted by Gasteiger charge is 2.29. The minimum atomic E-state index is -0.249. The largest absolute Gasteiger partial charge is 0.466 e. The Labute approximate surface area is 134 Å². The van der Waals surface area contributed by atoms with Gasteiger partial charge in [-0.15, -0.1) is 0 Å². The Bertz CT molecular complexity index is 521. The van der Waals surface area contributed by atoms with Crippen molar-refractivity contribution in [3.05, 3.63) is 18.0 Å². The maximum atomic E-state index is 12.6.